The topological polar surface area (TPSA) is 38.7 Å². The summed E-state index contributed by atoms with van der Waals surface area (Å²) in [5, 5.41) is 0.277. The molecular weight excluding hydrogens is 259 g/mol. The molecule has 0 fully saturated rings. The van der Waals surface area contributed by atoms with E-state index in [1.165, 1.54) is 12.1 Å². The van der Waals surface area contributed by atoms with Gasteiger partial charge in [-0.3, -0.25) is 0 Å². The molecule has 1 heterocycles. The van der Waals surface area contributed by atoms with Gasteiger partial charge < -0.3 is 4.74 Å². The van der Waals surface area contributed by atoms with Crippen molar-refractivity contribution in [1.82, 2.24) is 0 Å². The number of cyclic esters (lactones) is 1. The highest BCUT2D eigenvalue weighted by atomic mass is 35.5. The van der Waals surface area contributed by atoms with Crippen LogP contribution in [-0.4, -0.2) is 18.4 Å². The lowest BCUT2D eigenvalue weighted by molar-refractivity contribution is -0.265. The first-order valence-electron chi connectivity index (χ1n) is 4.46. The molecule has 1 atom stereocenters. The van der Waals surface area contributed by atoms with E-state index in [9.17, 15) is 18.0 Å². The monoisotopic (exact) mass is 263 g/mol. The van der Waals surface area contributed by atoms with Crippen LogP contribution < -0.4 is 0 Å². The van der Waals surface area contributed by atoms with Crippen LogP contribution in [0.15, 0.2) is 29.3 Å². The summed E-state index contributed by atoms with van der Waals surface area (Å²) in [6.07, 6.45) is -4.31. The van der Waals surface area contributed by atoms with Gasteiger partial charge in [-0.1, -0.05) is 23.7 Å². The Morgan fingerprint density at radius 1 is 1.24 bits per heavy atom. The van der Waals surface area contributed by atoms with Crippen molar-refractivity contribution in [2.45, 2.75) is 11.9 Å². The second kappa shape index (κ2) is 3.73. The molecule has 0 amide bonds. The Morgan fingerprint density at radius 2 is 1.82 bits per heavy atom. The normalized spacial score (nSPS) is 23.9. The van der Waals surface area contributed by atoms with Gasteiger partial charge >= 0.3 is 17.9 Å². The quantitative estimate of drug-likeness (QED) is 0.731. The maximum absolute atomic E-state index is 13.0. The number of alkyl halides is 3. The zero-order chi connectivity index (χ0) is 12.7. The van der Waals surface area contributed by atoms with Crippen molar-refractivity contribution in [3.05, 3.63) is 34.9 Å². The summed E-state index contributed by atoms with van der Waals surface area (Å²) in [6.45, 7) is 0. The minimum absolute atomic E-state index is 0.277. The molecule has 17 heavy (non-hydrogen) atoms. The average Bonchev–Trinajstić information content (AvgIpc) is 2.62. The predicted molar refractivity (Wildman–Crippen MR) is 53.8 cm³/mol. The predicted octanol–water partition coefficient (Wildman–Crippen LogP) is 2.68. The number of aliphatic imine (C=N–C) groups is 1. The van der Waals surface area contributed by atoms with E-state index in [4.69, 9.17) is 11.6 Å². The molecule has 0 saturated carbocycles. The largest absolute Gasteiger partial charge is 0.455 e. The minimum atomic E-state index is -4.83. The van der Waals surface area contributed by atoms with E-state index in [1.54, 1.807) is 0 Å². The fourth-order valence-electron chi connectivity index (χ4n) is 1.45. The fourth-order valence-corrected chi connectivity index (χ4v) is 1.57. The Bertz CT molecular complexity index is 483. The van der Waals surface area contributed by atoms with Crippen molar-refractivity contribution in [3.63, 3.8) is 0 Å². The van der Waals surface area contributed by atoms with E-state index >= 15 is 0 Å². The highest BCUT2D eigenvalue weighted by Crippen LogP contribution is 2.45. The number of esters is 1. The Kier molecular flexibility index (Phi) is 2.61. The lowest BCUT2D eigenvalue weighted by atomic mass is 10.0. The second-order valence-electron chi connectivity index (χ2n) is 3.33. The molecule has 1 aromatic rings. The fraction of sp³-hybridized carbons (Fsp3) is 0.200. The molecule has 0 radical (unpaired) electrons. The molecule has 1 aromatic carbocycles. The number of nitrogens with zero attached hydrogens (tertiary/aromatic N) is 1. The number of ether oxygens (including phenoxy) is 1. The molecule has 0 aliphatic carbocycles. The van der Waals surface area contributed by atoms with Crippen LogP contribution in [0.4, 0.5) is 13.2 Å². The van der Waals surface area contributed by atoms with Gasteiger partial charge in [0.1, 0.15) is 6.21 Å². The van der Waals surface area contributed by atoms with Crippen molar-refractivity contribution in [2.75, 3.05) is 0 Å². The van der Waals surface area contributed by atoms with Crippen LogP contribution in [0.5, 0.6) is 0 Å². The van der Waals surface area contributed by atoms with Crippen LogP contribution in [0.2, 0.25) is 5.02 Å². The number of benzene rings is 1. The summed E-state index contributed by atoms with van der Waals surface area (Å²) in [7, 11) is 0. The summed E-state index contributed by atoms with van der Waals surface area (Å²) in [4.78, 5) is 14.0. The van der Waals surface area contributed by atoms with Crippen LogP contribution in [0, 0.1) is 0 Å². The van der Waals surface area contributed by atoms with E-state index in [1.807, 2.05) is 0 Å². The standard InChI is InChI=1S/C10H5ClF3NO2/c11-7-3-1-6(2-4-7)9(10(12,13)14)15-5-8(16)17-9/h1-5H. The van der Waals surface area contributed by atoms with Crippen LogP contribution in [0.1, 0.15) is 5.56 Å². The number of carbonyl (C=O) groups excluding carboxylic acids is 1. The summed E-state index contributed by atoms with van der Waals surface area (Å²) in [5.41, 5.74) is -3.24. The minimum Gasteiger partial charge on any atom is -0.418 e. The first-order valence-corrected chi connectivity index (χ1v) is 4.84. The highest BCUT2D eigenvalue weighted by molar-refractivity contribution is 6.30. The molecule has 0 saturated heterocycles. The van der Waals surface area contributed by atoms with Crippen molar-refractivity contribution >= 4 is 23.8 Å². The molecule has 0 N–H and O–H groups in total. The van der Waals surface area contributed by atoms with Gasteiger partial charge in [0.25, 0.3) is 0 Å². The SMILES string of the molecule is O=C1C=NC(c2ccc(Cl)cc2)(C(F)(F)F)O1. The number of carbonyl (C=O) groups is 1. The van der Waals surface area contributed by atoms with Crippen molar-refractivity contribution in [3.8, 4) is 0 Å². The third kappa shape index (κ3) is 1.88. The van der Waals surface area contributed by atoms with E-state index in [-0.39, 0.29) is 10.6 Å². The molecule has 1 aliphatic rings. The molecule has 2 rings (SSSR count). The molecule has 1 unspecified atom stereocenters. The number of halogens is 4. The van der Waals surface area contributed by atoms with E-state index in [0.29, 0.717) is 6.21 Å². The van der Waals surface area contributed by atoms with Gasteiger partial charge in [0, 0.05) is 10.6 Å². The van der Waals surface area contributed by atoms with E-state index < -0.39 is 17.9 Å². The first kappa shape index (κ1) is 11.9. The van der Waals surface area contributed by atoms with Gasteiger partial charge in [0.2, 0.25) is 0 Å². The molecule has 90 valence electrons. The molecular formula is C10H5ClF3NO2. The van der Waals surface area contributed by atoms with Gasteiger partial charge in [0.05, 0.1) is 0 Å². The van der Waals surface area contributed by atoms with E-state index in [0.717, 1.165) is 12.1 Å². The van der Waals surface area contributed by atoms with Crippen LogP contribution in [-0.2, 0) is 15.3 Å². The number of hydrogen-bond acceptors (Lipinski definition) is 3. The van der Waals surface area contributed by atoms with Gasteiger partial charge in [-0.25, -0.2) is 9.79 Å². The number of hydrogen-bond donors (Lipinski definition) is 0. The lowest BCUT2D eigenvalue weighted by Gasteiger charge is -2.27. The zero-order valence-corrected chi connectivity index (χ0v) is 8.92. The first-order chi connectivity index (χ1) is 7.85. The Balaban J connectivity index is 2.53. The second-order valence-corrected chi connectivity index (χ2v) is 3.76. The van der Waals surface area contributed by atoms with Gasteiger partial charge in [0.15, 0.2) is 0 Å². The van der Waals surface area contributed by atoms with Crippen molar-refractivity contribution in [1.29, 1.82) is 0 Å². The van der Waals surface area contributed by atoms with Gasteiger partial charge in [-0.2, -0.15) is 13.2 Å². The summed E-state index contributed by atoms with van der Waals surface area (Å²) < 4.78 is 43.2. The zero-order valence-electron chi connectivity index (χ0n) is 8.16. The maximum atomic E-state index is 13.0. The van der Waals surface area contributed by atoms with Crippen LogP contribution >= 0.6 is 11.6 Å². The molecule has 7 heteroatoms. The van der Waals surface area contributed by atoms with Gasteiger partial charge in [-0.15, -0.1) is 0 Å². The lowest BCUT2D eigenvalue weighted by Crippen LogP contribution is -2.41. The Labute approximate surface area is 98.9 Å². The Morgan fingerprint density at radius 3 is 2.24 bits per heavy atom. The molecule has 0 spiro atoms. The number of rotatable bonds is 1. The average molecular weight is 264 g/mol. The van der Waals surface area contributed by atoms with E-state index in [2.05, 4.69) is 9.73 Å². The third-order valence-electron chi connectivity index (χ3n) is 2.22. The third-order valence-corrected chi connectivity index (χ3v) is 2.47. The molecule has 3 nitrogen and oxygen atoms in total. The summed E-state index contributed by atoms with van der Waals surface area (Å²) in [6, 6.07) is 4.77. The van der Waals surface area contributed by atoms with Gasteiger partial charge in [-0.05, 0) is 12.1 Å². The molecule has 1 aliphatic heterocycles. The van der Waals surface area contributed by atoms with Crippen LogP contribution in [0.25, 0.3) is 0 Å². The molecule has 0 aromatic heterocycles. The highest BCUT2D eigenvalue weighted by Gasteiger charge is 2.62. The van der Waals surface area contributed by atoms with Crippen LogP contribution in [0.3, 0.4) is 0 Å². The maximum Gasteiger partial charge on any atom is 0.455 e. The summed E-state index contributed by atoms with van der Waals surface area (Å²) >= 11 is 5.58. The van der Waals surface area contributed by atoms with Crippen molar-refractivity contribution in [2.24, 2.45) is 4.99 Å². The Hall–Kier alpha value is -1.56. The summed E-state index contributed by atoms with van der Waals surface area (Å²) in [5.74, 6) is -1.13. The molecule has 0 bridgehead atoms. The van der Waals surface area contributed by atoms with Crippen molar-refractivity contribution < 1.29 is 22.7 Å². The smallest absolute Gasteiger partial charge is 0.418 e.